The lowest BCUT2D eigenvalue weighted by Crippen LogP contribution is -2.48. The molecule has 2 aromatic carbocycles. The minimum Gasteiger partial charge on any atom is -0.475 e. The lowest BCUT2D eigenvalue weighted by atomic mass is 9.98. The average Bonchev–Trinajstić information content (AvgIpc) is 3.91. The Morgan fingerprint density at radius 1 is 1.09 bits per heavy atom. The number of rotatable bonds is 12. The van der Waals surface area contributed by atoms with Crippen molar-refractivity contribution in [2.24, 2.45) is 0 Å². The second-order valence-electron chi connectivity index (χ2n) is 13.6. The monoisotopic (exact) mass is 723 g/mol. The number of ether oxygens (including phenoxy) is 2. The molecule has 3 aromatic heterocycles. The van der Waals surface area contributed by atoms with Crippen molar-refractivity contribution < 1.29 is 28.6 Å². The fraction of sp³-hybridized carbons (Fsp3) is 0.368. The molecule has 0 bridgehead atoms. The quantitative estimate of drug-likeness (QED) is 0.171. The van der Waals surface area contributed by atoms with Gasteiger partial charge in [-0.05, 0) is 74.2 Å². The van der Waals surface area contributed by atoms with Gasteiger partial charge in [-0.1, -0.05) is 12.1 Å². The lowest BCUT2D eigenvalue weighted by molar-refractivity contribution is -0.138. The summed E-state index contributed by atoms with van der Waals surface area (Å²) in [7, 11) is 1.52. The number of benzene rings is 2. The molecule has 3 N–H and O–H groups in total. The fourth-order valence-corrected chi connectivity index (χ4v) is 6.80. The van der Waals surface area contributed by atoms with E-state index in [0.29, 0.717) is 49.7 Å². The summed E-state index contributed by atoms with van der Waals surface area (Å²) in [5.41, 5.74) is 3.79. The first-order chi connectivity index (χ1) is 25.6. The number of fused-ring (bicyclic) bond motifs is 1. The van der Waals surface area contributed by atoms with Gasteiger partial charge in [0, 0.05) is 62.2 Å². The molecule has 0 saturated carbocycles. The molecule has 15 heteroatoms. The summed E-state index contributed by atoms with van der Waals surface area (Å²) in [6.07, 6.45) is 6.15. The summed E-state index contributed by atoms with van der Waals surface area (Å²) in [5.74, 6) is 0.0221. The van der Waals surface area contributed by atoms with E-state index in [9.17, 15) is 9.59 Å². The highest BCUT2D eigenvalue weighted by Crippen LogP contribution is 2.32. The largest absolute Gasteiger partial charge is 0.475 e. The van der Waals surface area contributed by atoms with Crippen LogP contribution in [0.4, 0.5) is 10.1 Å². The number of likely N-dealkylation sites (tertiary alicyclic amines) is 1. The molecule has 1 fully saturated rings. The Labute approximate surface area is 305 Å². The number of pyridine rings is 1. The number of aromatic amines is 1. The van der Waals surface area contributed by atoms with Crippen LogP contribution in [0, 0.1) is 5.82 Å². The molecule has 1 atom stereocenters. The van der Waals surface area contributed by atoms with E-state index < -0.39 is 11.4 Å². The summed E-state index contributed by atoms with van der Waals surface area (Å²) in [5, 5.41) is 24.7. The lowest BCUT2D eigenvalue weighted by Gasteiger charge is -2.30. The molecule has 5 aromatic rings. The standard InChI is InChI=1S/C38H42FN9O5/c1-24(2)53-33-9-5-27(20-40-33)35-30-19-28(6-8-32(30)43-44-35)42-37(51)38(52-3)12-15-46(22-38)21-34(50)47-13-10-25(11-14-47)26-4-7-29(31(39)18-26)36-41-23-48(45-36)16-17-49/h4-10,18-20,23-24,49H,11-17,21-22H2,1-3H3,(H,42,51)(H,43,44). The number of methoxy groups -OCH3 is 1. The third kappa shape index (κ3) is 7.68. The van der Waals surface area contributed by atoms with Gasteiger partial charge in [0.1, 0.15) is 17.8 Å². The predicted molar refractivity (Wildman–Crippen MR) is 196 cm³/mol. The Balaban J connectivity index is 0.952. The van der Waals surface area contributed by atoms with E-state index >= 15 is 4.39 Å². The number of anilines is 1. The summed E-state index contributed by atoms with van der Waals surface area (Å²) in [4.78, 5) is 39.4. The SMILES string of the molecule is COC1(C(=O)Nc2ccc3[nH]nc(-c4ccc(OC(C)C)nc4)c3c2)CCN(CC(=O)N2CC=C(c3ccc(-c4ncn(CCO)n4)c(F)c3)CC2)C1. The van der Waals surface area contributed by atoms with Gasteiger partial charge < -0.3 is 24.8 Å². The van der Waals surface area contributed by atoms with E-state index in [-0.39, 0.29) is 55.5 Å². The highest BCUT2D eigenvalue weighted by Gasteiger charge is 2.45. The van der Waals surface area contributed by atoms with E-state index in [0.717, 1.165) is 27.6 Å². The molecule has 1 unspecified atom stereocenters. The summed E-state index contributed by atoms with van der Waals surface area (Å²) >= 11 is 0. The molecule has 0 aliphatic carbocycles. The highest BCUT2D eigenvalue weighted by molar-refractivity contribution is 6.01. The van der Waals surface area contributed by atoms with E-state index in [1.165, 1.54) is 24.2 Å². The third-order valence-electron chi connectivity index (χ3n) is 9.67. The Morgan fingerprint density at radius 2 is 1.94 bits per heavy atom. The molecule has 14 nitrogen and oxygen atoms in total. The zero-order valence-corrected chi connectivity index (χ0v) is 29.9. The first-order valence-electron chi connectivity index (χ1n) is 17.6. The molecule has 2 amide bonds. The van der Waals surface area contributed by atoms with Crippen LogP contribution in [0.15, 0.2) is 67.1 Å². The van der Waals surface area contributed by atoms with Gasteiger partial charge in [0.15, 0.2) is 11.4 Å². The number of carbonyl (C=O) groups is 2. The van der Waals surface area contributed by atoms with Crippen molar-refractivity contribution in [3.63, 3.8) is 0 Å². The van der Waals surface area contributed by atoms with Gasteiger partial charge in [-0.15, -0.1) is 0 Å². The molecular formula is C38H42FN9O5. The second-order valence-corrected chi connectivity index (χ2v) is 13.6. The van der Waals surface area contributed by atoms with E-state index in [1.54, 1.807) is 23.2 Å². The number of carbonyl (C=O) groups excluding carboxylic acids is 2. The van der Waals surface area contributed by atoms with Crippen LogP contribution in [0.1, 0.15) is 32.3 Å². The Hall–Kier alpha value is -5.51. The molecule has 1 saturated heterocycles. The molecular weight excluding hydrogens is 681 g/mol. The second kappa shape index (κ2) is 15.2. The van der Waals surface area contributed by atoms with Crippen LogP contribution < -0.4 is 10.1 Å². The minimum atomic E-state index is -1.12. The maximum absolute atomic E-state index is 15.1. The smallest absolute Gasteiger partial charge is 0.258 e. The number of H-pyrrole nitrogens is 1. The molecule has 7 rings (SSSR count). The number of amides is 2. The number of halogens is 1. The number of nitrogens with one attached hydrogen (secondary N) is 2. The maximum atomic E-state index is 15.1. The number of aromatic nitrogens is 6. The molecule has 5 heterocycles. The van der Waals surface area contributed by atoms with Crippen molar-refractivity contribution in [3.05, 3.63) is 78.5 Å². The molecule has 2 aliphatic heterocycles. The van der Waals surface area contributed by atoms with Gasteiger partial charge in [0.2, 0.25) is 11.8 Å². The van der Waals surface area contributed by atoms with Crippen LogP contribution in [0.5, 0.6) is 5.88 Å². The normalized spacial score (nSPS) is 17.8. The highest BCUT2D eigenvalue weighted by atomic mass is 19.1. The Bertz CT molecular complexity index is 2150. The van der Waals surface area contributed by atoms with Crippen LogP contribution in [-0.2, 0) is 20.9 Å². The fourth-order valence-electron chi connectivity index (χ4n) is 6.80. The van der Waals surface area contributed by atoms with E-state index in [4.69, 9.17) is 14.6 Å². The minimum absolute atomic E-state index is 0.0149. The van der Waals surface area contributed by atoms with Gasteiger partial charge in [0.25, 0.3) is 5.91 Å². The number of hydrogen-bond acceptors (Lipinski definition) is 10. The number of hydrogen-bond donors (Lipinski definition) is 3. The van der Waals surface area contributed by atoms with Crippen molar-refractivity contribution in [1.29, 1.82) is 0 Å². The van der Waals surface area contributed by atoms with Crippen LogP contribution in [0.25, 0.3) is 39.1 Å². The molecule has 0 spiro atoms. The van der Waals surface area contributed by atoms with Crippen LogP contribution in [-0.4, -0.2) is 115 Å². The Kier molecular flexibility index (Phi) is 10.3. The van der Waals surface area contributed by atoms with Gasteiger partial charge >= 0.3 is 0 Å². The van der Waals surface area contributed by atoms with Gasteiger partial charge in [-0.25, -0.2) is 14.4 Å². The van der Waals surface area contributed by atoms with Crippen LogP contribution in [0.2, 0.25) is 0 Å². The van der Waals surface area contributed by atoms with Crippen molar-refractivity contribution in [2.75, 3.05) is 51.8 Å². The van der Waals surface area contributed by atoms with Crippen molar-refractivity contribution in [1.82, 2.24) is 39.7 Å². The molecule has 276 valence electrons. The zero-order valence-electron chi connectivity index (χ0n) is 29.9. The predicted octanol–water partition coefficient (Wildman–Crippen LogP) is 4.15. The average molecular weight is 724 g/mol. The topological polar surface area (TPSA) is 164 Å². The number of aliphatic hydroxyl groups is 1. The number of nitrogens with zero attached hydrogens (tertiary/aromatic N) is 7. The maximum Gasteiger partial charge on any atom is 0.258 e. The van der Waals surface area contributed by atoms with E-state index in [1.807, 2.05) is 55.2 Å². The van der Waals surface area contributed by atoms with Gasteiger partial charge in [-0.3, -0.25) is 24.3 Å². The summed E-state index contributed by atoms with van der Waals surface area (Å²) < 4.78 is 28.0. The van der Waals surface area contributed by atoms with E-state index in [2.05, 4.69) is 30.6 Å². The first kappa shape index (κ1) is 35.9. The summed E-state index contributed by atoms with van der Waals surface area (Å²) in [6.45, 7) is 5.93. The number of aliphatic hydroxyl groups excluding tert-OH is 1. The van der Waals surface area contributed by atoms with Crippen molar-refractivity contribution >= 4 is 34.0 Å². The van der Waals surface area contributed by atoms with Crippen LogP contribution >= 0.6 is 0 Å². The van der Waals surface area contributed by atoms with Crippen LogP contribution in [0.3, 0.4) is 0 Å². The first-order valence-corrected chi connectivity index (χ1v) is 17.6. The van der Waals surface area contributed by atoms with Gasteiger partial charge in [-0.2, -0.15) is 10.2 Å². The molecule has 2 aliphatic rings. The third-order valence-corrected chi connectivity index (χ3v) is 9.67. The zero-order chi connectivity index (χ0) is 37.1. The van der Waals surface area contributed by atoms with Crippen molar-refractivity contribution in [3.8, 4) is 28.5 Å². The van der Waals surface area contributed by atoms with Gasteiger partial charge in [0.05, 0.1) is 36.9 Å². The summed E-state index contributed by atoms with van der Waals surface area (Å²) in [6, 6.07) is 14.2. The van der Waals surface area contributed by atoms with Crippen molar-refractivity contribution in [2.45, 2.75) is 44.9 Å². The molecule has 0 radical (unpaired) electrons. The Morgan fingerprint density at radius 3 is 2.66 bits per heavy atom. The molecule has 53 heavy (non-hydrogen) atoms.